The third-order valence-corrected chi connectivity index (χ3v) is 2.97. The number of aromatic nitrogens is 3. The Morgan fingerprint density at radius 3 is 3.12 bits per heavy atom. The molecule has 0 saturated heterocycles. The van der Waals surface area contributed by atoms with Crippen molar-refractivity contribution in [1.82, 2.24) is 14.5 Å². The number of aryl methyl sites for hydroxylation is 2. The summed E-state index contributed by atoms with van der Waals surface area (Å²) in [5.74, 6) is 1.70. The van der Waals surface area contributed by atoms with Gasteiger partial charge in [-0.25, -0.2) is 9.97 Å². The highest BCUT2D eigenvalue weighted by Crippen LogP contribution is 2.29. The summed E-state index contributed by atoms with van der Waals surface area (Å²) in [6.45, 7) is 4.67. The Kier molecular flexibility index (Phi) is 1.96. The average molecular weight is 215 g/mol. The van der Waals surface area contributed by atoms with Crippen molar-refractivity contribution in [2.45, 2.75) is 26.9 Å². The summed E-state index contributed by atoms with van der Waals surface area (Å²) in [4.78, 5) is 8.73. The van der Waals surface area contributed by atoms with E-state index in [1.807, 2.05) is 24.0 Å². The minimum Gasteiger partial charge on any atom is -0.483 e. The van der Waals surface area contributed by atoms with E-state index >= 15 is 0 Å². The zero-order valence-electron chi connectivity index (χ0n) is 9.40. The van der Waals surface area contributed by atoms with Crippen LogP contribution in [0.4, 0.5) is 0 Å². The lowest BCUT2D eigenvalue weighted by Gasteiger charge is -2.19. The Morgan fingerprint density at radius 2 is 2.31 bits per heavy atom. The lowest BCUT2D eigenvalue weighted by molar-refractivity contribution is 0.281. The van der Waals surface area contributed by atoms with E-state index in [1.54, 1.807) is 0 Å². The third kappa shape index (κ3) is 1.23. The summed E-state index contributed by atoms with van der Waals surface area (Å²) in [6, 6.07) is 2.06. The van der Waals surface area contributed by atoms with Crippen molar-refractivity contribution in [2.75, 3.05) is 0 Å². The lowest BCUT2D eigenvalue weighted by Crippen LogP contribution is -2.14. The standard InChI is InChI=1S/C12H13N3O/c1-3-9-4-11-12(13-5-9)15-7-14-8(2)10(15)6-16-11/h4-5,7H,3,6H2,1-2H3. The van der Waals surface area contributed by atoms with Gasteiger partial charge in [-0.2, -0.15) is 0 Å². The van der Waals surface area contributed by atoms with Gasteiger partial charge in [-0.05, 0) is 25.0 Å². The summed E-state index contributed by atoms with van der Waals surface area (Å²) in [7, 11) is 0. The molecule has 4 nitrogen and oxygen atoms in total. The molecule has 2 aromatic heterocycles. The molecule has 0 saturated carbocycles. The number of hydrogen-bond acceptors (Lipinski definition) is 3. The molecule has 1 aliphatic heterocycles. The summed E-state index contributed by atoms with van der Waals surface area (Å²) in [6.07, 6.45) is 4.68. The molecular formula is C12H13N3O. The molecule has 0 fully saturated rings. The number of hydrogen-bond donors (Lipinski definition) is 0. The van der Waals surface area contributed by atoms with Crippen molar-refractivity contribution < 1.29 is 4.74 Å². The van der Waals surface area contributed by atoms with Gasteiger partial charge in [0.2, 0.25) is 0 Å². The van der Waals surface area contributed by atoms with E-state index < -0.39 is 0 Å². The molecule has 16 heavy (non-hydrogen) atoms. The van der Waals surface area contributed by atoms with Crippen LogP contribution in [0.5, 0.6) is 5.75 Å². The molecule has 82 valence electrons. The molecule has 0 bridgehead atoms. The van der Waals surface area contributed by atoms with Gasteiger partial charge >= 0.3 is 0 Å². The van der Waals surface area contributed by atoms with Gasteiger partial charge in [0.05, 0.1) is 11.4 Å². The molecular weight excluding hydrogens is 202 g/mol. The number of ether oxygens (including phenoxy) is 1. The average Bonchev–Trinajstić information content (AvgIpc) is 2.70. The highest BCUT2D eigenvalue weighted by Gasteiger charge is 2.20. The van der Waals surface area contributed by atoms with E-state index in [-0.39, 0.29) is 0 Å². The molecule has 0 N–H and O–H groups in total. The van der Waals surface area contributed by atoms with Crippen molar-refractivity contribution in [1.29, 1.82) is 0 Å². The molecule has 0 radical (unpaired) electrons. The molecule has 4 heteroatoms. The summed E-state index contributed by atoms with van der Waals surface area (Å²) >= 11 is 0. The fraction of sp³-hybridized carbons (Fsp3) is 0.333. The smallest absolute Gasteiger partial charge is 0.181 e. The highest BCUT2D eigenvalue weighted by atomic mass is 16.5. The molecule has 0 aromatic carbocycles. The topological polar surface area (TPSA) is 39.9 Å². The van der Waals surface area contributed by atoms with E-state index in [2.05, 4.69) is 23.0 Å². The minimum absolute atomic E-state index is 0.577. The van der Waals surface area contributed by atoms with Crippen LogP contribution in [0.2, 0.25) is 0 Å². The van der Waals surface area contributed by atoms with Crippen LogP contribution in [-0.2, 0) is 13.0 Å². The number of rotatable bonds is 1. The molecule has 0 aliphatic carbocycles. The van der Waals surface area contributed by atoms with Crippen LogP contribution in [0.3, 0.4) is 0 Å². The number of pyridine rings is 1. The Balaban J connectivity index is 2.18. The van der Waals surface area contributed by atoms with Crippen molar-refractivity contribution in [3.8, 4) is 11.6 Å². The number of fused-ring (bicyclic) bond motifs is 3. The highest BCUT2D eigenvalue weighted by molar-refractivity contribution is 5.46. The number of nitrogens with zero attached hydrogens (tertiary/aromatic N) is 3. The van der Waals surface area contributed by atoms with Crippen LogP contribution in [0, 0.1) is 6.92 Å². The monoisotopic (exact) mass is 215 g/mol. The summed E-state index contributed by atoms with van der Waals surface area (Å²) < 4.78 is 7.72. The van der Waals surface area contributed by atoms with E-state index in [0.717, 1.165) is 29.4 Å². The quantitative estimate of drug-likeness (QED) is 0.730. The van der Waals surface area contributed by atoms with Crippen LogP contribution in [0.25, 0.3) is 5.82 Å². The van der Waals surface area contributed by atoms with Crippen LogP contribution in [0.15, 0.2) is 18.6 Å². The zero-order chi connectivity index (χ0) is 11.1. The second-order valence-corrected chi connectivity index (χ2v) is 3.95. The molecule has 0 spiro atoms. The summed E-state index contributed by atoms with van der Waals surface area (Å²) in [5.41, 5.74) is 3.29. The first-order valence-electron chi connectivity index (χ1n) is 5.44. The van der Waals surface area contributed by atoms with Gasteiger partial charge < -0.3 is 4.74 Å². The largest absolute Gasteiger partial charge is 0.483 e. The predicted octanol–water partition coefficient (Wildman–Crippen LogP) is 2.03. The SMILES string of the molecule is CCc1cnc2c(c1)OCc1c(C)ncn1-2. The van der Waals surface area contributed by atoms with Crippen molar-refractivity contribution in [2.24, 2.45) is 0 Å². The predicted molar refractivity (Wildman–Crippen MR) is 59.8 cm³/mol. The van der Waals surface area contributed by atoms with Crippen molar-refractivity contribution in [3.05, 3.63) is 35.5 Å². The van der Waals surface area contributed by atoms with Crippen LogP contribution < -0.4 is 4.74 Å². The van der Waals surface area contributed by atoms with E-state index in [0.29, 0.717) is 6.61 Å². The molecule has 1 aliphatic rings. The van der Waals surface area contributed by atoms with Gasteiger partial charge in [-0.1, -0.05) is 6.92 Å². The molecule has 3 heterocycles. The van der Waals surface area contributed by atoms with Gasteiger partial charge in [-0.15, -0.1) is 0 Å². The van der Waals surface area contributed by atoms with Crippen LogP contribution >= 0.6 is 0 Å². The normalized spacial score (nSPS) is 12.9. The van der Waals surface area contributed by atoms with Crippen LogP contribution in [-0.4, -0.2) is 14.5 Å². The van der Waals surface area contributed by atoms with Gasteiger partial charge in [0.25, 0.3) is 0 Å². The minimum atomic E-state index is 0.577. The summed E-state index contributed by atoms with van der Waals surface area (Å²) in [5, 5.41) is 0. The molecule has 0 amide bonds. The van der Waals surface area contributed by atoms with Gasteiger partial charge in [0.1, 0.15) is 12.9 Å². The molecule has 0 unspecified atom stereocenters. The molecule has 3 rings (SSSR count). The maximum atomic E-state index is 5.71. The molecule has 2 aromatic rings. The lowest BCUT2D eigenvalue weighted by atomic mass is 10.2. The van der Waals surface area contributed by atoms with Gasteiger partial charge in [-0.3, -0.25) is 4.57 Å². The van der Waals surface area contributed by atoms with Gasteiger partial charge in [0, 0.05) is 6.20 Å². The second-order valence-electron chi connectivity index (χ2n) is 3.95. The first-order valence-corrected chi connectivity index (χ1v) is 5.44. The first-order chi connectivity index (χ1) is 7.79. The van der Waals surface area contributed by atoms with Crippen molar-refractivity contribution in [3.63, 3.8) is 0 Å². The van der Waals surface area contributed by atoms with Gasteiger partial charge in [0.15, 0.2) is 11.6 Å². The molecule has 0 atom stereocenters. The maximum absolute atomic E-state index is 5.71. The Hall–Kier alpha value is -1.84. The van der Waals surface area contributed by atoms with E-state index in [9.17, 15) is 0 Å². The van der Waals surface area contributed by atoms with Crippen LogP contribution in [0.1, 0.15) is 23.9 Å². The van der Waals surface area contributed by atoms with E-state index in [1.165, 1.54) is 5.56 Å². The third-order valence-electron chi connectivity index (χ3n) is 2.97. The fourth-order valence-corrected chi connectivity index (χ4v) is 1.92. The second kappa shape index (κ2) is 3.33. The zero-order valence-corrected chi connectivity index (χ0v) is 9.40. The number of imidazole rings is 1. The Morgan fingerprint density at radius 1 is 1.44 bits per heavy atom. The first kappa shape index (κ1) is 9.39. The fourth-order valence-electron chi connectivity index (χ4n) is 1.92. The van der Waals surface area contributed by atoms with E-state index in [4.69, 9.17) is 4.74 Å². The maximum Gasteiger partial charge on any atom is 0.181 e. The Labute approximate surface area is 93.9 Å². The Bertz CT molecular complexity index is 545. The van der Waals surface area contributed by atoms with Crippen molar-refractivity contribution >= 4 is 0 Å².